The van der Waals surface area contributed by atoms with Crippen LogP contribution in [-0.4, -0.2) is 36.6 Å². The van der Waals surface area contributed by atoms with Crippen molar-refractivity contribution in [2.75, 3.05) is 26.7 Å². The Kier molecular flexibility index (Phi) is 4.27. The lowest BCUT2D eigenvalue weighted by molar-refractivity contribution is 0.218. The summed E-state index contributed by atoms with van der Waals surface area (Å²) in [7, 11) is 2.17. The largest absolute Gasteiger partial charge is 0.361 e. The topological polar surface area (TPSA) is 45.0 Å². The van der Waals surface area contributed by atoms with Crippen LogP contribution in [0.1, 0.15) is 19.4 Å². The standard InChI is InChI=1S/C16H25N3/c1-16(2,11-17)12-19(3)9-8-13-10-18-15-7-5-4-6-14(13)15/h4-7,10,18H,8-9,11-12,17H2,1-3H3. The minimum Gasteiger partial charge on any atom is -0.361 e. The number of aromatic amines is 1. The van der Waals surface area contributed by atoms with Gasteiger partial charge in [0.25, 0.3) is 0 Å². The van der Waals surface area contributed by atoms with Crippen LogP contribution in [0, 0.1) is 5.41 Å². The van der Waals surface area contributed by atoms with Crippen molar-refractivity contribution in [1.29, 1.82) is 0 Å². The Morgan fingerprint density at radius 2 is 2.00 bits per heavy atom. The van der Waals surface area contributed by atoms with Crippen molar-refractivity contribution in [2.24, 2.45) is 11.1 Å². The van der Waals surface area contributed by atoms with E-state index in [1.807, 2.05) is 0 Å². The lowest BCUT2D eigenvalue weighted by Gasteiger charge is -2.28. The monoisotopic (exact) mass is 259 g/mol. The van der Waals surface area contributed by atoms with E-state index in [9.17, 15) is 0 Å². The average Bonchev–Trinajstić information content (AvgIpc) is 2.79. The highest BCUT2D eigenvalue weighted by Crippen LogP contribution is 2.19. The molecule has 0 atom stereocenters. The molecule has 19 heavy (non-hydrogen) atoms. The number of H-pyrrole nitrogens is 1. The van der Waals surface area contributed by atoms with Gasteiger partial charge in [-0.15, -0.1) is 0 Å². The number of hydrogen-bond donors (Lipinski definition) is 2. The van der Waals surface area contributed by atoms with E-state index in [-0.39, 0.29) is 5.41 Å². The molecule has 0 aliphatic rings. The number of rotatable bonds is 6. The van der Waals surface area contributed by atoms with Gasteiger partial charge in [0.2, 0.25) is 0 Å². The fourth-order valence-corrected chi connectivity index (χ4v) is 2.52. The van der Waals surface area contributed by atoms with Gasteiger partial charge in [-0.2, -0.15) is 0 Å². The zero-order valence-corrected chi connectivity index (χ0v) is 12.2. The predicted octanol–water partition coefficient (Wildman–Crippen LogP) is 2.63. The summed E-state index contributed by atoms with van der Waals surface area (Å²) in [6.07, 6.45) is 3.20. The molecular formula is C16H25N3. The van der Waals surface area contributed by atoms with Gasteiger partial charge in [-0.05, 0) is 37.1 Å². The number of nitrogens with two attached hydrogens (primary N) is 1. The van der Waals surface area contributed by atoms with E-state index in [0.29, 0.717) is 0 Å². The van der Waals surface area contributed by atoms with Crippen LogP contribution in [-0.2, 0) is 6.42 Å². The average molecular weight is 259 g/mol. The zero-order valence-electron chi connectivity index (χ0n) is 12.2. The summed E-state index contributed by atoms with van der Waals surface area (Å²) in [6, 6.07) is 8.48. The first kappa shape index (κ1) is 14.1. The predicted molar refractivity (Wildman–Crippen MR) is 82.3 cm³/mol. The van der Waals surface area contributed by atoms with Crippen LogP contribution in [0.25, 0.3) is 10.9 Å². The maximum atomic E-state index is 5.79. The molecule has 0 spiro atoms. The van der Waals surface area contributed by atoms with Crippen LogP contribution in [0.4, 0.5) is 0 Å². The smallest absolute Gasteiger partial charge is 0.0456 e. The Balaban J connectivity index is 1.95. The molecule has 0 aliphatic carbocycles. The van der Waals surface area contributed by atoms with Gasteiger partial charge in [0.15, 0.2) is 0 Å². The van der Waals surface area contributed by atoms with Crippen LogP contribution in [0.3, 0.4) is 0 Å². The zero-order chi connectivity index (χ0) is 13.9. The molecule has 3 nitrogen and oxygen atoms in total. The summed E-state index contributed by atoms with van der Waals surface area (Å²) in [5.74, 6) is 0. The molecule has 3 heteroatoms. The summed E-state index contributed by atoms with van der Waals surface area (Å²) < 4.78 is 0. The van der Waals surface area contributed by atoms with Gasteiger partial charge in [-0.25, -0.2) is 0 Å². The Morgan fingerprint density at radius 3 is 2.74 bits per heavy atom. The molecule has 1 heterocycles. The quantitative estimate of drug-likeness (QED) is 0.837. The van der Waals surface area contributed by atoms with Crippen molar-refractivity contribution in [1.82, 2.24) is 9.88 Å². The minimum absolute atomic E-state index is 0.189. The van der Waals surface area contributed by atoms with Gasteiger partial charge in [0.1, 0.15) is 0 Å². The van der Waals surface area contributed by atoms with Crippen LogP contribution >= 0.6 is 0 Å². The second kappa shape index (κ2) is 5.76. The molecule has 0 bridgehead atoms. The van der Waals surface area contributed by atoms with Gasteiger partial charge >= 0.3 is 0 Å². The van der Waals surface area contributed by atoms with Gasteiger partial charge in [0, 0.05) is 30.2 Å². The van der Waals surface area contributed by atoms with Crippen LogP contribution in [0.2, 0.25) is 0 Å². The van der Waals surface area contributed by atoms with Crippen LogP contribution < -0.4 is 5.73 Å². The number of aromatic nitrogens is 1. The van der Waals surface area contributed by atoms with E-state index in [4.69, 9.17) is 5.73 Å². The molecule has 1 aromatic heterocycles. The Labute approximate surface area is 115 Å². The molecule has 1 aromatic carbocycles. The summed E-state index contributed by atoms with van der Waals surface area (Å²) in [6.45, 7) is 7.26. The molecule has 0 amide bonds. The molecule has 2 aromatic rings. The second-order valence-electron chi connectivity index (χ2n) is 6.22. The van der Waals surface area contributed by atoms with E-state index >= 15 is 0 Å². The highest BCUT2D eigenvalue weighted by Gasteiger charge is 2.17. The van der Waals surface area contributed by atoms with Gasteiger partial charge in [-0.1, -0.05) is 32.0 Å². The van der Waals surface area contributed by atoms with Crippen LogP contribution in [0.5, 0.6) is 0 Å². The van der Waals surface area contributed by atoms with E-state index < -0.39 is 0 Å². The third-order valence-corrected chi connectivity index (χ3v) is 3.69. The van der Waals surface area contributed by atoms with Gasteiger partial charge in [0.05, 0.1) is 0 Å². The fourth-order valence-electron chi connectivity index (χ4n) is 2.52. The van der Waals surface area contributed by atoms with Crippen molar-refractivity contribution < 1.29 is 0 Å². The van der Waals surface area contributed by atoms with E-state index in [0.717, 1.165) is 26.1 Å². The highest BCUT2D eigenvalue weighted by atomic mass is 15.1. The molecule has 2 rings (SSSR count). The molecular weight excluding hydrogens is 234 g/mol. The number of nitrogens with one attached hydrogen (secondary N) is 1. The SMILES string of the molecule is CN(CCc1c[nH]c2ccccc12)CC(C)(C)CN. The van der Waals surface area contributed by atoms with E-state index in [2.05, 4.69) is 61.2 Å². The molecule has 3 N–H and O–H groups in total. The highest BCUT2D eigenvalue weighted by molar-refractivity contribution is 5.83. The van der Waals surface area contributed by atoms with Crippen molar-refractivity contribution in [3.63, 3.8) is 0 Å². The molecule has 0 unspecified atom stereocenters. The Bertz CT molecular complexity index is 528. The Morgan fingerprint density at radius 1 is 1.26 bits per heavy atom. The number of benzene rings is 1. The normalized spacial score (nSPS) is 12.5. The molecule has 0 radical (unpaired) electrons. The van der Waals surface area contributed by atoms with Crippen molar-refractivity contribution in [3.8, 4) is 0 Å². The third kappa shape index (κ3) is 3.58. The number of likely N-dealkylation sites (N-methyl/N-ethyl adjacent to an activating group) is 1. The molecule has 0 aliphatic heterocycles. The number of para-hydroxylation sites is 1. The second-order valence-corrected chi connectivity index (χ2v) is 6.22. The number of nitrogens with zero attached hydrogens (tertiary/aromatic N) is 1. The van der Waals surface area contributed by atoms with Gasteiger partial charge in [-0.3, -0.25) is 0 Å². The van der Waals surface area contributed by atoms with Crippen molar-refractivity contribution in [3.05, 3.63) is 36.0 Å². The van der Waals surface area contributed by atoms with Crippen molar-refractivity contribution >= 4 is 10.9 Å². The minimum atomic E-state index is 0.189. The van der Waals surface area contributed by atoms with E-state index in [1.54, 1.807) is 0 Å². The number of hydrogen-bond acceptors (Lipinski definition) is 2. The Hall–Kier alpha value is -1.32. The molecule has 0 saturated heterocycles. The molecule has 0 fully saturated rings. The first-order chi connectivity index (χ1) is 9.02. The summed E-state index contributed by atoms with van der Waals surface area (Å²) >= 11 is 0. The van der Waals surface area contributed by atoms with Crippen molar-refractivity contribution in [2.45, 2.75) is 20.3 Å². The molecule has 0 saturated carbocycles. The molecule has 104 valence electrons. The third-order valence-electron chi connectivity index (χ3n) is 3.69. The lowest BCUT2D eigenvalue weighted by atomic mass is 9.93. The van der Waals surface area contributed by atoms with Gasteiger partial charge < -0.3 is 15.6 Å². The van der Waals surface area contributed by atoms with E-state index in [1.165, 1.54) is 16.5 Å². The first-order valence-electron chi connectivity index (χ1n) is 6.95. The summed E-state index contributed by atoms with van der Waals surface area (Å²) in [5.41, 5.74) is 8.60. The maximum absolute atomic E-state index is 5.79. The maximum Gasteiger partial charge on any atom is 0.0456 e. The summed E-state index contributed by atoms with van der Waals surface area (Å²) in [4.78, 5) is 5.70. The fraction of sp³-hybridized carbons (Fsp3) is 0.500. The first-order valence-corrected chi connectivity index (χ1v) is 6.95. The number of fused-ring (bicyclic) bond motifs is 1. The summed E-state index contributed by atoms with van der Waals surface area (Å²) in [5, 5.41) is 1.34. The van der Waals surface area contributed by atoms with Crippen LogP contribution in [0.15, 0.2) is 30.5 Å². The lowest BCUT2D eigenvalue weighted by Crippen LogP contribution is -2.37.